The molecule has 0 unspecified atom stereocenters. The minimum atomic E-state index is -0.513. The van der Waals surface area contributed by atoms with Crippen molar-refractivity contribution in [1.82, 2.24) is 5.32 Å². The van der Waals surface area contributed by atoms with E-state index < -0.39 is 11.9 Å². The van der Waals surface area contributed by atoms with Crippen molar-refractivity contribution in [3.63, 3.8) is 0 Å². The van der Waals surface area contributed by atoms with Crippen molar-refractivity contribution in [3.05, 3.63) is 58.2 Å². The van der Waals surface area contributed by atoms with E-state index >= 15 is 0 Å². The fourth-order valence-electron chi connectivity index (χ4n) is 3.66. The van der Waals surface area contributed by atoms with Gasteiger partial charge in [0, 0.05) is 35.1 Å². The fraction of sp³-hybridized carbons (Fsp3) is 0.429. The summed E-state index contributed by atoms with van der Waals surface area (Å²) >= 11 is 1.70. The van der Waals surface area contributed by atoms with Gasteiger partial charge in [-0.15, -0.1) is 0 Å². The van der Waals surface area contributed by atoms with Crippen LogP contribution in [0.1, 0.15) is 44.6 Å². The molecule has 0 bridgehead atoms. The number of allylic oxidation sites excluding steroid dienone is 3. The van der Waals surface area contributed by atoms with Gasteiger partial charge in [0.15, 0.2) is 5.78 Å². The number of ketones is 1. The van der Waals surface area contributed by atoms with Crippen LogP contribution in [0.15, 0.2) is 46.8 Å². The van der Waals surface area contributed by atoms with Gasteiger partial charge in [-0.2, -0.15) is 11.8 Å². The van der Waals surface area contributed by atoms with E-state index in [-0.39, 0.29) is 11.6 Å². The van der Waals surface area contributed by atoms with E-state index in [1.54, 1.807) is 23.9 Å². The number of carbonyl (C=O) groups is 2. The fourth-order valence-corrected chi connectivity index (χ4v) is 4.15. The van der Waals surface area contributed by atoms with Gasteiger partial charge in [0.2, 0.25) is 0 Å². The Morgan fingerprint density at radius 2 is 2.04 bits per heavy atom. The molecule has 0 radical (unpaired) electrons. The largest absolute Gasteiger partial charge is 0.461 e. The monoisotopic (exact) mass is 389 g/mol. The number of dihydropyridines is 1. The maximum absolute atomic E-state index is 13.4. The third-order valence-corrected chi connectivity index (χ3v) is 5.73. The van der Waals surface area contributed by atoms with Gasteiger partial charge >= 0.3 is 5.97 Å². The number of Topliss-reactive ketones (excluding diaryl/α,β-unsaturated/α-hetero) is 1. The van der Waals surface area contributed by atoms with Gasteiger partial charge in [0.25, 0.3) is 0 Å². The summed E-state index contributed by atoms with van der Waals surface area (Å²) in [6.07, 6.45) is 2.03. The molecule has 1 aromatic carbocycles. The Morgan fingerprint density at radius 3 is 2.74 bits per heavy atom. The van der Waals surface area contributed by atoms with Crippen molar-refractivity contribution in [1.29, 1.82) is 0 Å². The zero-order valence-electron chi connectivity index (χ0n) is 15.6. The average molecular weight is 389 g/mol. The number of rotatable bonds is 6. The maximum atomic E-state index is 13.4. The van der Waals surface area contributed by atoms with Gasteiger partial charge in [-0.3, -0.25) is 4.79 Å². The Balaban J connectivity index is 1.97. The minimum Gasteiger partial charge on any atom is -0.461 e. The number of esters is 1. The Morgan fingerprint density at radius 1 is 1.30 bits per heavy atom. The topological polar surface area (TPSA) is 55.4 Å². The highest BCUT2D eigenvalue weighted by Gasteiger charge is 2.39. The number of ether oxygens (including phenoxy) is 1. The van der Waals surface area contributed by atoms with Crippen molar-refractivity contribution >= 4 is 23.5 Å². The molecular formula is C21H24FNO3S. The summed E-state index contributed by atoms with van der Waals surface area (Å²) < 4.78 is 18.9. The van der Waals surface area contributed by atoms with Crippen LogP contribution in [-0.4, -0.2) is 29.9 Å². The van der Waals surface area contributed by atoms with Crippen molar-refractivity contribution in [2.75, 3.05) is 18.1 Å². The molecule has 3 rings (SSSR count). The first-order valence-electron chi connectivity index (χ1n) is 9.27. The Kier molecular flexibility index (Phi) is 6.37. The predicted molar refractivity (Wildman–Crippen MR) is 105 cm³/mol. The van der Waals surface area contributed by atoms with Crippen molar-refractivity contribution in [2.45, 2.75) is 39.0 Å². The van der Waals surface area contributed by atoms with Gasteiger partial charge < -0.3 is 10.1 Å². The van der Waals surface area contributed by atoms with Gasteiger partial charge in [-0.25, -0.2) is 9.18 Å². The molecule has 2 aliphatic rings. The first-order chi connectivity index (χ1) is 13.0. The molecule has 144 valence electrons. The van der Waals surface area contributed by atoms with Gasteiger partial charge in [-0.05, 0) is 43.2 Å². The first kappa shape index (κ1) is 19.7. The molecule has 0 fully saturated rings. The number of benzene rings is 1. The van der Waals surface area contributed by atoms with E-state index in [0.29, 0.717) is 29.9 Å². The second-order valence-electron chi connectivity index (χ2n) is 6.65. The molecule has 1 atom stereocenters. The van der Waals surface area contributed by atoms with Gasteiger partial charge in [0.05, 0.1) is 5.57 Å². The number of carbonyl (C=O) groups excluding carboxylic acids is 2. The molecule has 1 aliphatic heterocycles. The Labute approximate surface area is 163 Å². The lowest BCUT2D eigenvalue weighted by Gasteiger charge is -2.34. The lowest BCUT2D eigenvalue weighted by atomic mass is 9.75. The minimum absolute atomic E-state index is 0.0393. The second-order valence-corrected chi connectivity index (χ2v) is 8.04. The zero-order valence-corrected chi connectivity index (χ0v) is 16.5. The van der Waals surface area contributed by atoms with E-state index in [9.17, 15) is 14.0 Å². The Bertz CT molecular complexity index is 798. The van der Waals surface area contributed by atoms with E-state index in [4.69, 9.17) is 4.74 Å². The number of halogens is 1. The van der Waals surface area contributed by atoms with Crippen LogP contribution in [0, 0.1) is 5.82 Å². The van der Waals surface area contributed by atoms with Crippen LogP contribution in [0.2, 0.25) is 0 Å². The molecule has 1 aliphatic carbocycles. The normalized spacial score (nSPS) is 19.7. The standard InChI is InChI=1S/C21H24FNO3S/c1-3-27-12-11-26-21(25)18-13(2)23-16-5-4-6-17(24)20(16)19(18)14-7-9-15(22)10-8-14/h7-10,19,23H,3-6,11-12H2,1-2H3/t19-/m1/s1. The molecule has 0 saturated carbocycles. The molecular weight excluding hydrogens is 365 g/mol. The van der Waals surface area contributed by atoms with Crippen LogP contribution in [0.3, 0.4) is 0 Å². The van der Waals surface area contributed by atoms with E-state index in [1.165, 1.54) is 12.1 Å². The third-order valence-electron chi connectivity index (χ3n) is 4.86. The molecule has 27 heavy (non-hydrogen) atoms. The Hall–Kier alpha value is -2.08. The summed E-state index contributed by atoms with van der Waals surface area (Å²) in [5.74, 6) is 0.451. The summed E-state index contributed by atoms with van der Waals surface area (Å²) in [7, 11) is 0. The molecule has 1 heterocycles. The highest BCUT2D eigenvalue weighted by atomic mass is 32.2. The van der Waals surface area contributed by atoms with E-state index in [0.717, 1.165) is 35.6 Å². The van der Waals surface area contributed by atoms with Crippen LogP contribution in [0.5, 0.6) is 0 Å². The SMILES string of the molecule is CCSCCOC(=O)C1=C(C)NC2=C(C(=O)CCC2)[C@@H]1c1ccc(F)cc1. The third kappa shape index (κ3) is 4.26. The number of hydrogen-bond donors (Lipinski definition) is 1. The molecule has 0 spiro atoms. The molecule has 6 heteroatoms. The zero-order chi connectivity index (χ0) is 19.4. The molecule has 4 nitrogen and oxygen atoms in total. The highest BCUT2D eigenvalue weighted by molar-refractivity contribution is 7.99. The molecule has 0 aromatic heterocycles. The molecule has 1 N–H and O–H groups in total. The smallest absolute Gasteiger partial charge is 0.336 e. The summed E-state index contributed by atoms with van der Waals surface area (Å²) in [6, 6.07) is 6.01. The predicted octanol–water partition coefficient (Wildman–Crippen LogP) is 4.09. The maximum Gasteiger partial charge on any atom is 0.336 e. The van der Waals surface area contributed by atoms with Crippen LogP contribution >= 0.6 is 11.8 Å². The van der Waals surface area contributed by atoms with Crippen molar-refractivity contribution in [3.8, 4) is 0 Å². The lowest BCUT2D eigenvalue weighted by molar-refractivity contribution is -0.138. The van der Waals surface area contributed by atoms with Crippen LogP contribution in [0.25, 0.3) is 0 Å². The van der Waals surface area contributed by atoms with Crippen molar-refractivity contribution in [2.24, 2.45) is 0 Å². The summed E-state index contributed by atoms with van der Waals surface area (Å²) in [5, 5.41) is 3.25. The molecule has 1 aromatic rings. The lowest BCUT2D eigenvalue weighted by Crippen LogP contribution is -2.34. The van der Waals surface area contributed by atoms with Crippen molar-refractivity contribution < 1.29 is 18.7 Å². The number of nitrogens with one attached hydrogen (secondary N) is 1. The van der Waals surface area contributed by atoms with Crippen LogP contribution < -0.4 is 5.32 Å². The van der Waals surface area contributed by atoms with Gasteiger partial charge in [-0.1, -0.05) is 19.1 Å². The summed E-state index contributed by atoms with van der Waals surface area (Å²) in [6.45, 7) is 4.21. The first-order valence-corrected chi connectivity index (χ1v) is 10.4. The molecule has 0 saturated heterocycles. The van der Waals surface area contributed by atoms with Crippen LogP contribution in [0.4, 0.5) is 4.39 Å². The number of hydrogen-bond acceptors (Lipinski definition) is 5. The molecule has 0 amide bonds. The van der Waals surface area contributed by atoms with Gasteiger partial charge in [0.1, 0.15) is 12.4 Å². The van der Waals surface area contributed by atoms with Crippen LogP contribution in [-0.2, 0) is 14.3 Å². The average Bonchev–Trinajstić information content (AvgIpc) is 2.65. The number of thioether (sulfide) groups is 1. The highest BCUT2D eigenvalue weighted by Crippen LogP contribution is 2.42. The second kappa shape index (κ2) is 8.74. The van der Waals surface area contributed by atoms with E-state index in [2.05, 4.69) is 12.2 Å². The quantitative estimate of drug-likeness (QED) is 0.587. The summed E-state index contributed by atoms with van der Waals surface area (Å²) in [4.78, 5) is 25.6. The summed E-state index contributed by atoms with van der Waals surface area (Å²) in [5.41, 5.74) is 3.36. The van der Waals surface area contributed by atoms with E-state index in [1.807, 2.05) is 6.92 Å².